The highest BCUT2D eigenvalue weighted by atomic mass is 15.3. The molecule has 99 heavy (non-hydrogen) atoms. The van der Waals surface area contributed by atoms with Crippen LogP contribution in [0.5, 0.6) is 0 Å². The van der Waals surface area contributed by atoms with Crippen LogP contribution in [0.15, 0.2) is 346 Å². The predicted octanol–water partition coefficient (Wildman–Crippen LogP) is 23.5. The summed E-state index contributed by atoms with van der Waals surface area (Å²) < 4.78 is 7.09. The Morgan fingerprint density at radius 3 is 0.949 bits per heavy atom. The van der Waals surface area contributed by atoms with Crippen LogP contribution in [-0.4, -0.2) is 28.7 Å². The van der Waals surface area contributed by atoms with Crippen LogP contribution in [0.4, 0.5) is 51.7 Å². The van der Waals surface area contributed by atoms with Crippen LogP contribution in [0.2, 0.25) is 0 Å². The van der Waals surface area contributed by atoms with Crippen molar-refractivity contribution in [3.63, 3.8) is 0 Å². The zero-order valence-electron chi connectivity index (χ0n) is 54.4. The van der Waals surface area contributed by atoms with Crippen LogP contribution in [-0.2, 0) is 5.41 Å². The van der Waals surface area contributed by atoms with Crippen LogP contribution >= 0.6 is 0 Å². The van der Waals surface area contributed by atoms with Crippen LogP contribution < -0.4 is 14.7 Å². The number of hydrogen-bond donors (Lipinski definition) is 0. The van der Waals surface area contributed by atoms with Gasteiger partial charge in [0.1, 0.15) is 0 Å². The smallest absolute Gasteiger partial charge is 0.240 e. The SMILES string of the molecule is CC1(C)c2cc(-c3nc(N(c4ccccc4)c4ccc5c(c4)c4ccccc4n5-c4ccccc4)nc(N(c4ccccc4)c4ccc5c(c4)c4ccccc4n5-c4ccccc4)n3)ccc2-c2ccc(N(c3ccccc3)c3ccc4c(c3)c3ccccc3n4-c3ccccc3)cc21. The first kappa shape index (κ1) is 57.3. The fourth-order valence-electron chi connectivity index (χ4n) is 15.5. The van der Waals surface area contributed by atoms with Crippen molar-refractivity contribution >= 4 is 117 Å². The van der Waals surface area contributed by atoms with Crippen molar-refractivity contribution in [3.05, 3.63) is 357 Å². The first-order valence-corrected chi connectivity index (χ1v) is 33.8. The Labute approximate surface area is 572 Å². The number of hydrogen-bond acceptors (Lipinski definition) is 6. The molecule has 1 aliphatic carbocycles. The zero-order valence-corrected chi connectivity index (χ0v) is 54.4. The Bertz CT molecular complexity index is 5920. The summed E-state index contributed by atoms with van der Waals surface area (Å²) >= 11 is 0. The number of rotatable bonds is 13. The van der Waals surface area contributed by atoms with Gasteiger partial charge in [0.2, 0.25) is 11.9 Å². The van der Waals surface area contributed by atoms with E-state index in [0.29, 0.717) is 17.7 Å². The Morgan fingerprint density at radius 1 is 0.242 bits per heavy atom. The average Bonchev–Trinajstić information content (AvgIpc) is 1.55. The van der Waals surface area contributed by atoms with Crippen LogP contribution in [0.25, 0.3) is 105 Å². The largest absolute Gasteiger partial charge is 0.310 e. The van der Waals surface area contributed by atoms with Crippen molar-refractivity contribution in [2.45, 2.75) is 19.3 Å². The molecule has 0 aliphatic heterocycles. The zero-order chi connectivity index (χ0) is 65.7. The van der Waals surface area contributed by atoms with Gasteiger partial charge in [0.15, 0.2) is 5.82 Å². The van der Waals surface area contributed by atoms with Gasteiger partial charge in [-0.15, -0.1) is 0 Å². The molecule has 0 saturated heterocycles. The third-order valence-electron chi connectivity index (χ3n) is 20.0. The van der Waals surface area contributed by atoms with E-state index < -0.39 is 5.41 Å². The molecule has 0 spiro atoms. The molecule has 4 aromatic heterocycles. The predicted molar refractivity (Wildman–Crippen MR) is 410 cm³/mol. The maximum Gasteiger partial charge on any atom is 0.240 e. The number of fused-ring (bicyclic) bond motifs is 12. The molecule has 4 heterocycles. The highest BCUT2D eigenvalue weighted by Gasteiger charge is 2.37. The third kappa shape index (κ3) is 9.42. The van der Waals surface area contributed by atoms with Gasteiger partial charge >= 0.3 is 0 Å². The molecule has 18 aromatic rings. The van der Waals surface area contributed by atoms with E-state index in [4.69, 9.17) is 15.0 Å². The lowest BCUT2D eigenvalue weighted by molar-refractivity contribution is 0.660. The molecule has 14 aromatic carbocycles. The minimum atomic E-state index is -0.445. The van der Waals surface area contributed by atoms with Gasteiger partial charge < -0.3 is 18.6 Å². The van der Waals surface area contributed by atoms with Crippen LogP contribution in [0, 0.1) is 0 Å². The second-order valence-corrected chi connectivity index (χ2v) is 26.1. The van der Waals surface area contributed by atoms with Crippen molar-refractivity contribution in [2.24, 2.45) is 0 Å². The van der Waals surface area contributed by atoms with E-state index in [-0.39, 0.29) is 0 Å². The minimum absolute atomic E-state index is 0.445. The first-order chi connectivity index (χ1) is 48.9. The van der Waals surface area contributed by atoms with Crippen molar-refractivity contribution in [3.8, 4) is 39.6 Å². The normalized spacial score (nSPS) is 12.4. The molecule has 19 rings (SSSR count). The first-order valence-electron chi connectivity index (χ1n) is 33.8. The third-order valence-corrected chi connectivity index (χ3v) is 20.0. The van der Waals surface area contributed by atoms with E-state index in [0.717, 1.165) is 112 Å². The second-order valence-electron chi connectivity index (χ2n) is 26.1. The summed E-state index contributed by atoms with van der Waals surface area (Å²) in [6.07, 6.45) is 0. The average molecular weight is 1270 g/mol. The molecule has 0 fully saturated rings. The Kier molecular flexibility index (Phi) is 13.4. The molecule has 9 heteroatoms. The van der Waals surface area contributed by atoms with Crippen LogP contribution in [0.1, 0.15) is 25.0 Å². The van der Waals surface area contributed by atoms with E-state index in [9.17, 15) is 0 Å². The summed E-state index contributed by atoms with van der Waals surface area (Å²) in [6.45, 7) is 4.72. The molecule has 0 saturated carbocycles. The summed E-state index contributed by atoms with van der Waals surface area (Å²) in [5.41, 5.74) is 22.2. The topological polar surface area (TPSA) is 63.2 Å². The fraction of sp³-hybridized carbons (Fsp3) is 0.0333. The standard InChI is InChI=1S/C90H63N9/c1-90(2)79-55-60(45-50-71(79)72-51-46-70(59-80(72)90)94(61-27-9-3-10-28-61)67-47-52-84-76(56-67)73-39-21-24-42-81(73)97(84)64-33-15-6-16-34-64)87-91-88(95(62-29-11-4-12-30-62)68-48-53-85-77(57-68)74-40-22-25-43-82(74)98(85)65-35-17-7-18-36-65)93-89(92-87)96(63-31-13-5-14-32-63)69-49-54-86-78(58-69)75-41-23-26-44-83(75)99(86)66-37-19-8-20-38-66/h3-59H,1-2H3. The molecule has 1 aliphatic rings. The number of benzene rings is 14. The van der Waals surface area contributed by atoms with Crippen molar-refractivity contribution in [1.29, 1.82) is 0 Å². The lowest BCUT2D eigenvalue weighted by Crippen LogP contribution is -2.19. The Morgan fingerprint density at radius 2 is 0.545 bits per heavy atom. The summed E-state index contributed by atoms with van der Waals surface area (Å²) in [7, 11) is 0. The van der Waals surface area contributed by atoms with E-state index in [2.05, 4.69) is 388 Å². The molecule has 0 atom stereocenters. The van der Waals surface area contributed by atoms with Crippen molar-refractivity contribution < 1.29 is 0 Å². The number of nitrogens with zero attached hydrogens (tertiary/aromatic N) is 9. The van der Waals surface area contributed by atoms with Gasteiger partial charge in [-0.05, 0) is 186 Å². The van der Waals surface area contributed by atoms with Gasteiger partial charge in [-0.2, -0.15) is 15.0 Å². The second kappa shape index (κ2) is 23.1. The molecular weight excluding hydrogens is 1210 g/mol. The number of aromatic nitrogens is 6. The lowest BCUT2D eigenvalue weighted by Gasteiger charge is -2.28. The summed E-state index contributed by atoms with van der Waals surface area (Å²) in [5.74, 6) is 1.47. The number of anilines is 9. The molecule has 0 radical (unpaired) electrons. The van der Waals surface area contributed by atoms with E-state index >= 15 is 0 Å². The van der Waals surface area contributed by atoms with Gasteiger partial charge in [0.05, 0.1) is 33.1 Å². The molecule has 468 valence electrons. The highest BCUT2D eigenvalue weighted by Crippen LogP contribution is 2.53. The van der Waals surface area contributed by atoms with E-state index in [1.807, 2.05) is 0 Å². The molecule has 9 nitrogen and oxygen atoms in total. The quantitative estimate of drug-likeness (QED) is 0.115. The monoisotopic (exact) mass is 1270 g/mol. The molecule has 0 bridgehead atoms. The maximum absolute atomic E-state index is 5.73. The molecule has 0 N–H and O–H groups in total. The lowest BCUT2D eigenvalue weighted by atomic mass is 9.81. The fourth-order valence-corrected chi connectivity index (χ4v) is 15.5. The molecule has 0 unspecified atom stereocenters. The summed E-state index contributed by atoms with van der Waals surface area (Å²) in [4.78, 5) is 23.9. The van der Waals surface area contributed by atoms with Gasteiger partial charge in [-0.25, -0.2) is 0 Å². The van der Waals surface area contributed by atoms with Crippen molar-refractivity contribution in [2.75, 3.05) is 14.7 Å². The van der Waals surface area contributed by atoms with Gasteiger partial charge in [0, 0.05) is 100 Å². The summed E-state index contributed by atoms with van der Waals surface area (Å²) in [5, 5.41) is 6.92. The van der Waals surface area contributed by atoms with Crippen LogP contribution in [0.3, 0.4) is 0 Å². The van der Waals surface area contributed by atoms with Gasteiger partial charge in [-0.3, -0.25) is 9.80 Å². The number of para-hydroxylation sites is 9. The molecule has 0 amide bonds. The maximum atomic E-state index is 5.73. The highest BCUT2D eigenvalue weighted by molar-refractivity contribution is 6.13. The molecular formula is C90H63N9. The van der Waals surface area contributed by atoms with Gasteiger partial charge in [0.25, 0.3) is 0 Å². The Hall–Kier alpha value is -13.1. The van der Waals surface area contributed by atoms with E-state index in [1.165, 1.54) is 38.5 Å². The Balaban J connectivity index is 0.788. The van der Waals surface area contributed by atoms with E-state index in [1.54, 1.807) is 0 Å². The van der Waals surface area contributed by atoms with Crippen molar-refractivity contribution in [1.82, 2.24) is 28.7 Å². The summed E-state index contributed by atoms with van der Waals surface area (Å²) in [6, 6.07) is 124. The minimum Gasteiger partial charge on any atom is -0.310 e. The van der Waals surface area contributed by atoms with Gasteiger partial charge in [-0.1, -0.05) is 196 Å².